The van der Waals surface area contributed by atoms with Crippen LogP contribution in [0.25, 0.3) is 0 Å². The topological polar surface area (TPSA) is 99.4 Å². The lowest BCUT2D eigenvalue weighted by Crippen LogP contribution is -2.55. The van der Waals surface area contributed by atoms with E-state index in [1.54, 1.807) is 13.2 Å². The van der Waals surface area contributed by atoms with Crippen molar-refractivity contribution in [3.05, 3.63) is 64.2 Å². The first-order chi connectivity index (χ1) is 14.2. The van der Waals surface area contributed by atoms with E-state index >= 15 is 0 Å². The van der Waals surface area contributed by atoms with E-state index in [4.69, 9.17) is 9.47 Å². The lowest BCUT2D eigenvalue weighted by atomic mass is 9.42. The number of hydrogen-bond acceptors (Lipinski definition) is 6. The van der Waals surface area contributed by atoms with E-state index in [9.17, 15) is 20.4 Å². The number of aliphatic hydroxyl groups excluding tert-OH is 4. The normalized spacial score (nSPS) is 29.7. The largest absolute Gasteiger partial charge is 0.496 e. The van der Waals surface area contributed by atoms with E-state index in [0.29, 0.717) is 12.0 Å². The SMILES string of the molecule is BC1(B)Cc2ccc(Cc3cc([C@@H]4O[C@H](CO)[C@@H](O)[C@H](O)[C@H]4O)ccc3OC)cc21. The molecule has 4 rings (SSSR count). The average molecular weight is 410 g/mol. The third-order valence-corrected chi connectivity index (χ3v) is 6.46. The van der Waals surface area contributed by atoms with Crippen molar-refractivity contribution in [2.75, 3.05) is 13.7 Å². The summed E-state index contributed by atoms with van der Waals surface area (Å²) in [6.45, 7) is -0.449. The quantitative estimate of drug-likeness (QED) is 0.462. The lowest BCUT2D eigenvalue weighted by molar-refractivity contribution is -0.231. The van der Waals surface area contributed by atoms with E-state index in [0.717, 1.165) is 17.7 Å². The highest BCUT2D eigenvalue weighted by atomic mass is 16.5. The zero-order valence-corrected chi connectivity index (χ0v) is 17.6. The van der Waals surface area contributed by atoms with Crippen LogP contribution in [0, 0.1) is 0 Å². The molecule has 1 saturated heterocycles. The number of aliphatic hydroxyl groups is 4. The van der Waals surface area contributed by atoms with Gasteiger partial charge in [-0.15, -0.1) is 0 Å². The third kappa shape index (κ3) is 3.67. The molecular weight excluding hydrogens is 382 g/mol. The molecule has 0 unspecified atom stereocenters. The Morgan fingerprint density at radius 3 is 2.50 bits per heavy atom. The van der Waals surface area contributed by atoms with Crippen LogP contribution in [0.2, 0.25) is 0 Å². The Morgan fingerprint density at radius 1 is 1.07 bits per heavy atom. The number of methoxy groups -OCH3 is 1. The number of hydrogen-bond donors (Lipinski definition) is 4. The second-order valence-electron chi connectivity index (χ2n) is 9.05. The monoisotopic (exact) mass is 410 g/mol. The highest BCUT2D eigenvalue weighted by Gasteiger charge is 2.44. The molecule has 0 aromatic heterocycles. The molecule has 2 aromatic carbocycles. The summed E-state index contributed by atoms with van der Waals surface area (Å²) in [5.74, 6) is 0.727. The molecule has 1 fully saturated rings. The van der Waals surface area contributed by atoms with Crippen molar-refractivity contribution in [3.8, 4) is 5.75 Å². The predicted molar refractivity (Wildman–Crippen MR) is 117 cm³/mol. The smallest absolute Gasteiger partial charge is 0.122 e. The third-order valence-electron chi connectivity index (χ3n) is 6.46. The van der Waals surface area contributed by atoms with E-state index in [2.05, 4.69) is 33.9 Å². The Balaban J connectivity index is 1.64. The molecule has 0 saturated carbocycles. The van der Waals surface area contributed by atoms with E-state index in [1.165, 1.54) is 16.7 Å². The summed E-state index contributed by atoms with van der Waals surface area (Å²) >= 11 is 0. The second kappa shape index (κ2) is 8.02. The van der Waals surface area contributed by atoms with Gasteiger partial charge in [0.05, 0.1) is 13.7 Å². The molecular formula is C22H28B2O6. The van der Waals surface area contributed by atoms with Gasteiger partial charge in [0, 0.05) is 6.42 Å². The number of fused-ring (bicyclic) bond motifs is 1. The molecule has 1 aliphatic heterocycles. The average Bonchev–Trinajstić information content (AvgIpc) is 2.73. The molecule has 8 heteroatoms. The zero-order chi connectivity index (χ0) is 21.6. The minimum atomic E-state index is -1.40. The molecule has 0 bridgehead atoms. The molecule has 2 aromatic rings. The van der Waals surface area contributed by atoms with Gasteiger partial charge >= 0.3 is 0 Å². The Bertz CT molecular complexity index is 932. The maximum absolute atomic E-state index is 10.5. The number of benzene rings is 2. The van der Waals surface area contributed by atoms with E-state index in [1.807, 2.05) is 12.1 Å². The van der Waals surface area contributed by atoms with Crippen molar-refractivity contribution in [1.82, 2.24) is 0 Å². The summed E-state index contributed by atoms with van der Waals surface area (Å²) < 4.78 is 11.3. The fraction of sp³-hybridized carbons (Fsp3) is 0.455. The van der Waals surface area contributed by atoms with Gasteiger partial charge in [0.25, 0.3) is 0 Å². The van der Waals surface area contributed by atoms with E-state index in [-0.39, 0.29) is 5.21 Å². The molecule has 1 heterocycles. The van der Waals surface area contributed by atoms with Gasteiger partial charge in [0.2, 0.25) is 0 Å². The van der Waals surface area contributed by atoms with Crippen LogP contribution in [0.5, 0.6) is 5.75 Å². The highest BCUT2D eigenvalue weighted by molar-refractivity contribution is 6.41. The van der Waals surface area contributed by atoms with Gasteiger partial charge < -0.3 is 29.9 Å². The summed E-state index contributed by atoms with van der Waals surface area (Å²) in [5, 5.41) is 40.3. The van der Waals surface area contributed by atoms with Crippen LogP contribution < -0.4 is 4.74 Å². The van der Waals surface area contributed by atoms with Gasteiger partial charge in [-0.05, 0) is 40.8 Å². The molecule has 0 spiro atoms. The van der Waals surface area contributed by atoms with Crippen molar-refractivity contribution in [2.45, 2.75) is 48.6 Å². The number of rotatable bonds is 5. The van der Waals surface area contributed by atoms with Crippen molar-refractivity contribution in [2.24, 2.45) is 0 Å². The fourth-order valence-electron chi connectivity index (χ4n) is 4.69. The first-order valence-electron chi connectivity index (χ1n) is 10.3. The lowest BCUT2D eigenvalue weighted by Gasteiger charge is -2.40. The van der Waals surface area contributed by atoms with Gasteiger partial charge in [0.15, 0.2) is 0 Å². The highest BCUT2D eigenvalue weighted by Crippen LogP contribution is 2.38. The molecule has 6 nitrogen and oxygen atoms in total. The van der Waals surface area contributed by atoms with Gasteiger partial charge in [-0.3, -0.25) is 0 Å². The second-order valence-corrected chi connectivity index (χ2v) is 9.05. The van der Waals surface area contributed by atoms with Crippen molar-refractivity contribution < 1.29 is 29.9 Å². The Kier molecular flexibility index (Phi) is 5.72. The van der Waals surface area contributed by atoms with Crippen molar-refractivity contribution >= 4 is 15.7 Å². The van der Waals surface area contributed by atoms with Crippen LogP contribution >= 0.6 is 0 Å². The van der Waals surface area contributed by atoms with Crippen LogP contribution in [0.15, 0.2) is 36.4 Å². The molecule has 0 amide bonds. The van der Waals surface area contributed by atoms with Gasteiger partial charge in [-0.1, -0.05) is 35.0 Å². The zero-order valence-electron chi connectivity index (χ0n) is 17.6. The van der Waals surface area contributed by atoms with E-state index < -0.39 is 37.1 Å². The summed E-state index contributed by atoms with van der Waals surface area (Å²) in [6.07, 6.45) is -4.13. The Labute approximate surface area is 178 Å². The minimum absolute atomic E-state index is 0.202. The molecule has 158 valence electrons. The minimum Gasteiger partial charge on any atom is -0.496 e. The Hall–Kier alpha value is -1.83. The fourth-order valence-corrected chi connectivity index (χ4v) is 4.69. The summed E-state index contributed by atoms with van der Waals surface area (Å²) in [6, 6.07) is 12.1. The predicted octanol–water partition coefficient (Wildman–Crippen LogP) is -1.22. The summed E-state index contributed by atoms with van der Waals surface area (Å²) in [4.78, 5) is 0. The van der Waals surface area contributed by atoms with Gasteiger partial charge in [-0.25, -0.2) is 0 Å². The standard InChI is InChI=1S/C22H28B2O6/c1-29-16-5-4-12(21-20(28)19(27)18(26)17(10-25)30-21)8-14(16)6-11-2-3-13-9-22(23,24)15(13)7-11/h2-5,7-8,17-21,25-28H,6,9-10,23-24H2,1H3/t17-,18-,19+,20-,21+/m1/s1. The van der Waals surface area contributed by atoms with Crippen LogP contribution in [0.4, 0.5) is 0 Å². The Morgan fingerprint density at radius 2 is 1.83 bits per heavy atom. The van der Waals surface area contributed by atoms with Gasteiger partial charge in [0.1, 0.15) is 52.0 Å². The van der Waals surface area contributed by atoms with Crippen molar-refractivity contribution in [3.63, 3.8) is 0 Å². The van der Waals surface area contributed by atoms with Crippen molar-refractivity contribution in [1.29, 1.82) is 0 Å². The first-order valence-corrected chi connectivity index (χ1v) is 10.3. The van der Waals surface area contributed by atoms with Crippen LogP contribution in [-0.4, -0.2) is 74.3 Å². The van der Waals surface area contributed by atoms with Crippen LogP contribution in [0.3, 0.4) is 0 Å². The number of ether oxygens (including phenoxy) is 2. The van der Waals surface area contributed by atoms with Gasteiger partial charge in [-0.2, -0.15) is 0 Å². The summed E-state index contributed by atoms with van der Waals surface area (Å²) in [5.41, 5.74) is 5.54. The summed E-state index contributed by atoms with van der Waals surface area (Å²) in [7, 11) is 6.12. The van der Waals surface area contributed by atoms with Crippen LogP contribution in [-0.2, 0) is 22.8 Å². The maximum atomic E-state index is 10.5. The maximum Gasteiger partial charge on any atom is 0.122 e. The molecule has 2 aliphatic rings. The molecule has 4 N–H and O–H groups in total. The molecule has 1 aliphatic carbocycles. The molecule has 5 atom stereocenters. The first kappa shape index (κ1) is 21.4. The molecule has 0 radical (unpaired) electrons. The molecule has 30 heavy (non-hydrogen) atoms. The van der Waals surface area contributed by atoms with Crippen LogP contribution in [0.1, 0.15) is 33.9 Å².